The number of rotatable bonds is 1. The Morgan fingerprint density at radius 2 is 2.00 bits per heavy atom. The van der Waals surface area contributed by atoms with E-state index in [9.17, 15) is 4.79 Å². The van der Waals surface area contributed by atoms with E-state index < -0.39 is 5.41 Å². The zero-order chi connectivity index (χ0) is 14.9. The molecule has 102 valence electrons. The Kier molecular flexibility index (Phi) is 3.82. The molecule has 0 fully saturated rings. The van der Waals surface area contributed by atoms with Gasteiger partial charge in [0.2, 0.25) is 0 Å². The van der Waals surface area contributed by atoms with Gasteiger partial charge in [0.05, 0.1) is 17.0 Å². The Morgan fingerprint density at radius 3 is 2.60 bits per heavy atom. The predicted molar refractivity (Wildman–Crippen MR) is 81.5 cm³/mol. The highest BCUT2D eigenvalue weighted by molar-refractivity contribution is 9.10. The molecule has 0 aromatic heterocycles. The lowest BCUT2D eigenvalue weighted by Gasteiger charge is -2.17. The summed E-state index contributed by atoms with van der Waals surface area (Å²) in [6.07, 6.45) is 0. The molecule has 0 heterocycles. The minimum atomic E-state index is -0.560. The third-order valence-electron chi connectivity index (χ3n) is 2.85. The molecular formula is C16H14BrNO2. The molecule has 0 aliphatic rings. The van der Waals surface area contributed by atoms with Crippen molar-refractivity contribution >= 4 is 32.7 Å². The molecule has 0 aliphatic carbocycles. The molecule has 2 rings (SSSR count). The molecule has 0 bridgehead atoms. The molecule has 0 atom stereocenters. The Balaban J connectivity index is 2.50. The summed E-state index contributed by atoms with van der Waals surface area (Å²) in [7, 11) is 0. The van der Waals surface area contributed by atoms with E-state index in [2.05, 4.69) is 22.0 Å². The van der Waals surface area contributed by atoms with Crippen LogP contribution in [-0.2, 0) is 4.79 Å². The Hall–Kier alpha value is -1.86. The molecule has 0 saturated heterocycles. The number of fused-ring (bicyclic) bond motifs is 1. The maximum absolute atomic E-state index is 11.9. The van der Waals surface area contributed by atoms with Gasteiger partial charge >= 0.3 is 5.97 Å². The lowest BCUT2D eigenvalue weighted by atomic mass is 9.97. The van der Waals surface area contributed by atoms with Crippen molar-refractivity contribution in [3.8, 4) is 11.8 Å². The van der Waals surface area contributed by atoms with E-state index >= 15 is 0 Å². The van der Waals surface area contributed by atoms with E-state index in [0.717, 1.165) is 15.2 Å². The van der Waals surface area contributed by atoms with Gasteiger partial charge in [-0.15, -0.1) is 0 Å². The van der Waals surface area contributed by atoms with Gasteiger partial charge in [0.1, 0.15) is 5.75 Å². The zero-order valence-electron chi connectivity index (χ0n) is 11.5. The van der Waals surface area contributed by atoms with Gasteiger partial charge in [-0.1, -0.05) is 12.1 Å². The topological polar surface area (TPSA) is 50.1 Å². The second-order valence-corrected chi connectivity index (χ2v) is 6.41. The van der Waals surface area contributed by atoms with E-state index in [4.69, 9.17) is 10.00 Å². The van der Waals surface area contributed by atoms with Crippen molar-refractivity contribution < 1.29 is 9.53 Å². The molecule has 0 N–H and O–H groups in total. The minimum absolute atomic E-state index is 0.291. The number of benzene rings is 2. The lowest BCUT2D eigenvalue weighted by molar-refractivity contribution is -0.142. The molecule has 0 unspecified atom stereocenters. The van der Waals surface area contributed by atoms with Gasteiger partial charge in [-0.25, -0.2) is 0 Å². The first-order chi connectivity index (χ1) is 9.32. The van der Waals surface area contributed by atoms with Crippen LogP contribution in [0.4, 0.5) is 0 Å². The number of esters is 1. The van der Waals surface area contributed by atoms with Gasteiger partial charge in [-0.3, -0.25) is 4.79 Å². The third-order valence-corrected chi connectivity index (χ3v) is 3.47. The van der Waals surface area contributed by atoms with Crippen molar-refractivity contribution in [3.05, 3.63) is 40.4 Å². The normalized spacial score (nSPS) is 11.2. The van der Waals surface area contributed by atoms with Crippen LogP contribution in [-0.4, -0.2) is 5.97 Å². The van der Waals surface area contributed by atoms with E-state index in [1.807, 2.05) is 12.1 Å². The number of hydrogen-bond acceptors (Lipinski definition) is 3. The molecule has 2 aromatic carbocycles. The van der Waals surface area contributed by atoms with Crippen molar-refractivity contribution in [1.29, 1.82) is 5.26 Å². The van der Waals surface area contributed by atoms with Crippen LogP contribution >= 0.6 is 15.9 Å². The molecule has 0 spiro atoms. The summed E-state index contributed by atoms with van der Waals surface area (Å²) >= 11 is 3.44. The van der Waals surface area contributed by atoms with Crippen molar-refractivity contribution in [2.45, 2.75) is 20.8 Å². The van der Waals surface area contributed by atoms with E-state index in [0.29, 0.717) is 11.3 Å². The molecule has 3 nitrogen and oxygen atoms in total. The fraction of sp³-hybridized carbons (Fsp3) is 0.250. The predicted octanol–water partition coefficient (Wildman–Crippen LogP) is 4.43. The highest BCUT2D eigenvalue weighted by Crippen LogP contribution is 2.32. The third kappa shape index (κ3) is 2.83. The maximum Gasteiger partial charge on any atom is 0.316 e. The summed E-state index contributed by atoms with van der Waals surface area (Å²) in [6.45, 7) is 5.41. The standard InChI is InChI=1S/C16H14BrNO2/c1-16(2,3)15(19)20-12-7-10-5-4-6-11(9-18)14(10)13(17)8-12/h4-8H,1-3H3. The van der Waals surface area contributed by atoms with Crippen molar-refractivity contribution in [1.82, 2.24) is 0 Å². The van der Waals surface area contributed by atoms with Gasteiger partial charge in [-0.2, -0.15) is 5.26 Å². The highest BCUT2D eigenvalue weighted by Gasteiger charge is 2.24. The van der Waals surface area contributed by atoms with Crippen LogP contribution in [0.15, 0.2) is 34.8 Å². The highest BCUT2D eigenvalue weighted by atomic mass is 79.9. The first-order valence-corrected chi connectivity index (χ1v) is 6.97. The Bertz CT molecular complexity index is 724. The SMILES string of the molecule is CC(C)(C)C(=O)Oc1cc(Br)c2c(C#N)cccc2c1. The molecule has 0 saturated carbocycles. The number of halogens is 1. The van der Waals surface area contributed by atoms with Crippen molar-refractivity contribution in [2.75, 3.05) is 0 Å². The smallest absolute Gasteiger partial charge is 0.316 e. The van der Waals surface area contributed by atoms with Crippen LogP contribution in [0, 0.1) is 16.7 Å². The van der Waals surface area contributed by atoms with Crippen LogP contribution in [0.2, 0.25) is 0 Å². The number of nitrogens with zero attached hydrogens (tertiary/aromatic N) is 1. The number of ether oxygens (including phenoxy) is 1. The van der Waals surface area contributed by atoms with Crippen LogP contribution in [0.1, 0.15) is 26.3 Å². The van der Waals surface area contributed by atoms with Gasteiger partial charge in [0.15, 0.2) is 0 Å². The van der Waals surface area contributed by atoms with Crippen LogP contribution < -0.4 is 4.74 Å². The Labute approximate surface area is 126 Å². The molecule has 0 radical (unpaired) electrons. The van der Waals surface area contributed by atoms with Crippen molar-refractivity contribution in [2.24, 2.45) is 5.41 Å². The molecular weight excluding hydrogens is 318 g/mol. The number of hydrogen-bond donors (Lipinski definition) is 0. The summed E-state index contributed by atoms with van der Waals surface area (Å²) in [6, 6.07) is 11.1. The first kappa shape index (κ1) is 14.5. The number of carbonyl (C=O) groups is 1. The van der Waals surface area contributed by atoms with E-state index in [1.165, 1.54) is 0 Å². The second kappa shape index (κ2) is 5.26. The average Bonchev–Trinajstić information content (AvgIpc) is 2.36. The van der Waals surface area contributed by atoms with E-state index in [1.54, 1.807) is 39.0 Å². The lowest BCUT2D eigenvalue weighted by Crippen LogP contribution is -2.25. The van der Waals surface area contributed by atoms with Crippen LogP contribution in [0.5, 0.6) is 5.75 Å². The summed E-state index contributed by atoms with van der Waals surface area (Å²) < 4.78 is 6.13. The summed E-state index contributed by atoms with van der Waals surface area (Å²) in [5, 5.41) is 10.8. The molecule has 2 aromatic rings. The number of carbonyl (C=O) groups excluding carboxylic acids is 1. The summed E-state index contributed by atoms with van der Waals surface area (Å²) in [5.74, 6) is 0.180. The van der Waals surface area contributed by atoms with Crippen LogP contribution in [0.3, 0.4) is 0 Å². The van der Waals surface area contributed by atoms with Gasteiger partial charge < -0.3 is 4.74 Å². The summed E-state index contributed by atoms with van der Waals surface area (Å²) in [5.41, 5.74) is 0.0266. The van der Waals surface area contributed by atoms with Gasteiger partial charge in [-0.05, 0) is 60.3 Å². The summed E-state index contributed by atoms with van der Waals surface area (Å²) in [4.78, 5) is 11.9. The maximum atomic E-state index is 11.9. The largest absolute Gasteiger partial charge is 0.426 e. The Morgan fingerprint density at radius 1 is 1.30 bits per heavy atom. The fourth-order valence-corrected chi connectivity index (χ4v) is 2.43. The first-order valence-electron chi connectivity index (χ1n) is 6.17. The zero-order valence-corrected chi connectivity index (χ0v) is 13.1. The molecule has 4 heteroatoms. The van der Waals surface area contributed by atoms with Crippen molar-refractivity contribution in [3.63, 3.8) is 0 Å². The molecule has 0 aliphatic heterocycles. The molecule has 20 heavy (non-hydrogen) atoms. The van der Waals surface area contributed by atoms with Gasteiger partial charge in [0, 0.05) is 9.86 Å². The number of nitriles is 1. The fourth-order valence-electron chi connectivity index (χ4n) is 1.76. The molecule has 0 amide bonds. The second-order valence-electron chi connectivity index (χ2n) is 5.56. The monoisotopic (exact) mass is 331 g/mol. The van der Waals surface area contributed by atoms with Crippen LogP contribution in [0.25, 0.3) is 10.8 Å². The minimum Gasteiger partial charge on any atom is -0.426 e. The van der Waals surface area contributed by atoms with E-state index in [-0.39, 0.29) is 5.97 Å². The van der Waals surface area contributed by atoms with Gasteiger partial charge in [0.25, 0.3) is 0 Å². The quantitative estimate of drug-likeness (QED) is 0.573. The average molecular weight is 332 g/mol.